The van der Waals surface area contributed by atoms with E-state index >= 15 is 0 Å². The minimum atomic E-state index is -0.717. The van der Waals surface area contributed by atoms with Gasteiger partial charge in [0.15, 0.2) is 23.0 Å². The van der Waals surface area contributed by atoms with Crippen LogP contribution in [0.4, 0.5) is 0 Å². The molecule has 1 aliphatic carbocycles. The van der Waals surface area contributed by atoms with Gasteiger partial charge in [-0.1, -0.05) is 19.9 Å². The first-order valence-corrected chi connectivity index (χ1v) is 12.6. The van der Waals surface area contributed by atoms with Crippen LogP contribution < -0.4 is 18.9 Å². The van der Waals surface area contributed by atoms with Crippen LogP contribution in [0.15, 0.2) is 30.3 Å². The van der Waals surface area contributed by atoms with Crippen molar-refractivity contribution in [3.8, 4) is 23.0 Å². The summed E-state index contributed by atoms with van der Waals surface area (Å²) in [5.41, 5.74) is 2.97. The molecule has 0 saturated heterocycles. The van der Waals surface area contributed by atoms with Gasteiger partial charge in [-0.05, 0) is 92.6 Å². The van der Waals surface area contributed by atoms with Gasteiger partial charge in [0.1, 0.15) is 0 Å². The highest BCUT2D eigenvalue weighted by Crippen LogP contribution is 2.48. The summed E-state index contributed by atoms with van der Waals surface area (Å²) in [6.45, 7) is 6.30. The van der Waals surface area contributed by atoms with Gasteiger partial charge in [-0.2, -0.15) is 0 Å². The summed E-state index contributed by atoms with van der Waals surface area (Å²) >= 11 is 0. The first kappa shape index (κ1) is 27.2. The monoisotopic (exact) mass is 485 g/mol. The lowest BCUT2D eigenvalue weighted by atomic mass is 9.65. The van der Waals surface area contributed by atoms with Crippen molar-refractivity contribution >= 4 is 0 Å². The maximum absolute atomic E-state index is 11.8. The van der Waals surface area contributed by atoms with Crippen molar-refractivity contribution in [2.45, 2.75) is 57.5 Å². The van der Waals surface area contributed by atoms with Crippen molar-refractivity contribution in [3.05, 3.63) is 47.0 Å². The molecule has 35 heavy (non-hydrogen) atoms. The lowest BCUT2D eigenvalue weighted by Gasteiger charge is -2.44. The molecule has 194 valence electrons. The summed E-state index contributed by atoms with van der Waals surface area (Å²) < 4.78 is 21.9. The van der Waals surface area contributed by atoms with Crippen molar-refractivity contribution in [1.29, 1.82) is 0 Å². The van der Waals surface area contributed by atoms with Crippen molar-refractivity contribution in [2.24, 2.45) is 5.92 Å². The second-order valence-electron chi connectivity index (χ2n) is 10.1. The first-order chi connectivity index (χ1) is 16.8. The van der Waals surface area contributed by atoms with Crippen LogP contribution in [-0.4, -0.2) is 64.2 Å². The molecule has 6 heteroatoms. The molecule has 0 radical (unpaired) electrons. The molecular formula is C29H43NO5. The molecule has 0 spiro atoms. The Morgan fingerprint density at radius 2 is 1.54 bits per heavy atom. The zero-order valence-corrected chi connectivity index (χ0v) is 22.5. The fraction of sp³-hybridized carbons (Fsp3) is 0.586. The van der Waals surface area contributed by atoms with Crippen LogP contribution in [0.3, 0.4) is 0 Å². The van der Waals surface area contributed by atoms with E-state index in [9.17, 15) is 5.11 Å². The lowest BCUT2D eigenvalue weighted by Crippen LogP contribution is -2.43. The zero-order chi connectivity index (χ0) is 25.6. The maximum atomic E-state index is 11.8. The predicted octanol–water partition coefficient (Wildman–Crippen LogP) is 5.09. The van der Waals surface area contributed by atoms with Gasteiger partial charge < -0.3 is 29.0 Å². The van der Waals surface area contributed by atoms with Crippen LogP contribution in [-0.2, 0) is 12.8 Å². The van der Waals surface area contributed by atoms with Crippen molar-refractivity contribution in [2.75, 3.05) is 48.6 Å². The zero-order valence-electron chi connectivity index (χ0n) is 22.5. The molecule has 0 saturated carbocycles. The summed E-state index contributed by atoms with van der Waals surface area (Å²) in [6.07, 6.45) is 4.29. The predicted molar refractivity (Wildman–Crippen MR) is 140 cm³/mol. The van der Waals surface area contributed by atoms with Gasteiger partial charge in [-0.15, -0.1) is 0 Å². The van der Waals surface area contributed by atoms with Gasteiger partial charge in [-0.25, -0.2) is 0 Å². The van der Waals surface area contributed by atoms with E-state index in [1.807, 2.05) is 12.1 Å². The highest BCUT2D eigenvalue weighted by atomic mass is 16.5. The van der Waals surface area contributed by atoms with E-state index in [1.54, 1.807) is 28.4 Å². The number of hydrogen-bond donors (Lipinski definition) is 1. The van der Waals surface area contributed by atoms with Crippen LogP contribution in [0, 0.1) is 5.92 Å². The Balaban J connectivity index is 1.61. The SMILES string of the molecule is COc1ccc(CCN(C)CCC[C@@]2(O)CCc3cc(OC)c(OC)cc3[C@@H]2C(C)C)cc1OC. The molecule has 0 fully saturated rings. The Labute approximate surface area is 211 Å². The Morgan fingerprint density at radius 1 is 0.914 bits per heavy atom. The molecule has 1 N–H and O–H groups in total. The van der Waals surface area contributed by atoms with E-state index < -0.39 is 5.60 Å². The van der Waals surface area contributed by atoms with Gasteiger partial charge >= 0.3 is 0 Å². The molecule has 1 aliphatic rings. The molecule has 0 bridgehead atoms. The molecule has 6 nitrogen and oxygen atoms in total. The first-order valence-electron chi connectivity index (χ1n) is 12.6. The summed E-state index contributed by atoms with van der Waals surface area (Å²) in [5, 5.41) is 11.8. The molecule has 0 amide bonds. The minimum absolute atomic E-state index is 0.0723. The molecule has 3 rings (SSSR count). The fourth-order valence-electron chi connectivity index (χ4n) is 5.62. The Morgan fingerprint density at radius 3 is 2.17 bits per heavy atom. The number of aryl methyl sites for hydroxylation is 1. The average Bonchev–Trinajstić information content (AvgIpc) is 2.85. The van der Waals surface area contributed by atoms with Crippen molar-refractivity contribution < 1.29 is 24.1 Å². The number of rotatable bonds is 12. The number of nitrogens with zero attached hydrogens (tertiary/aromatic N) is 1. The number of ether oxygens (including phenoxy) is 4. The number of benzene rings is 2. The minimum Gasteiger partial charge on any atom is -0.493 e. The number of methoxy groups -OCH3 is 4. The quantitative estimate of drug-likeness (QED) is 0.452. The number of hydrogen-bond acceptors (Lipinski definition) is 6. The normalized spacial score (nSPS) is 19.5. The molecule has 0 aromatic heterocycles. The van der Waals surface area contributed by atoms with Gasteiger partial charge in [-0.3, -0.25) is 0 Å². The van der Waals surface area contributed by atoms with Crippen LogP contribution >= 0.6 is 0 Å². The number of aliphatic hydroxyl groups is 1. The van der Waals surface area contributed by atoms with E-state index in [4.69, 9.17) is 18.9 Å². The van der Waals surface area contributed by atoms with Crippen LogP contribution in [0.25, 0.3) is 0 Å². The Hall–Kier alpha value is -2.44. The molecular weight excluding hydrogens is 442 g/mol. The molecule has 0 unspecified atom stereocenters. The van der Waals surface area contributed by atoms with Gasteiger partial charge in [0, 0.05) is 12.5 Å². The fourth-order valence-corrected chi connectivity index (χ4v) is 5.62. The van der Waals surface area contributed by atoms with Gasteiger partial charge in [0.25, 0.3) is 0 Å². The molecule has 2 aromatic rings. The molecule has 2 atom stereocenters. The highest BCUT2D eigenvalue weighted by Gasteiger charge is 2.43. The maximum Gasteiger partial charge on any atom is 0.161 e. The largest absolute Gasteiger partial charge is 0.493 e. The van der Waals surface area contributed by atoms with Gasteiger partial charge in [0.2, 0.25) is 0 Å². The lowest BCUT2D eigenvalue weighted by molar-refractivity contribution is -0.0275. The Bertz CT molecular complexity index is 976. The van der Waals surface area contributed by atoms with Crippen LogP contribution in [0.2, 0.25) is 0 Å². The van der Waals surface area contributed by atoms with E-state index in [0.29, 0.717) is 5.92 Å². The Kier molecular flexibility index (Phi) is 9.31. The third-order valence-electron chi connectivity index (χ3n) is 7.43. The average molecular weight is 486 g/mol. The summed E-state index contributed by atoms with van der Waals surface area (Å²) in [6, 6.07) is 10.3. The number of likely N-dealkylation sites (N-methyl/N-ethyl adjacent to an activating group) is 1. The molecule has 2 aromatic carbocycles. The van der Waals surface area contributed by atoms with E-state index in [1.165, 1.54) is 16.7 Å². The van der Waals surface area contributed by atoms with E-state index in [0.717, 1.165) is 68.2 Å². The number of fused-ring (bicyclic) bond motifs is 1. The standard InChI is InChI=1S/C29H43NO5/c1-20(2)28-23-19-27(35-7)26(34-6)18-22(23)11-14-29(28,31)13-8-15-30(3)16-12-21-9-10-24(32-4)25(17-21)33-5/h9-10,17-20,28,31H,8,11-16H2,1-7H3/t28-,29+/m0/s1. The summed E-state index contributed by atoms with van der Waals surface area (Å²) in [4.78, 5) is 2.34. The van der Waals surface area contributed by atoms with Crippen molar-refractivity contribution in [1.82, 2.24) is 4.90 Å². The van der Waals surface area contributed by atoms with Crippen LogP contribution in [0.5, 0.6) is 23.0 Å². The highest BCUT2D eigenvalue weighted by molar-refractivity contribution is 5.50. The third kappa shape index (κ3) is 6.22. The van der Waals surface area contributed by atoms with E-state index in [2.05, 4.69) is 44.0 Å². The smallest absolute Gasteiger partial charge is 0.161 e. The van der Waals surface area contributed by atoms with Crippen LogP contribution in [0.1, 0.15) is 55.7 Å². The molecule has 0 aliphatic heterocycles. The van der Waals surface area contributed by atoms with Gasteiger partial charge in [0.05, 0.1) is 34.0 Å². The van der Waals surface area contributed by atoms with Crippen molar-refractivity contribution in [3.63, 3.8) is 0 Å². The topological polar surface area (TPSA) is 60.4 Å². The summed E-state index contributed by atoms with van der Waals surface area (Å²) in [7, 11) is 8.81. The summed E-state index contributed by atoms with van der Waals surface area (Å²) in [5.74, 6) is 3.40. The molecule has 0 heterocycles. The second-order valence-corrected chi connectivity index (χ2v) is 10.1. The third-order valence-corrected chi connectivity index (χ3v) is 7.43. The van der Waals surface area contributed by atoms with E-state index in [-0.39, 0.29) is 5.92 Å². The second kappa shape index (κ2) is 12.0.